The number of sulfonamides is 1. The molecule has 1 atom stereocenters. The zero-order valence-electron chi connectivity index (χ0n) is 8.41. The molecule has 0 amide bonds. The molecule has 1 rings (SSSR count). The quantitative estimate of drug-likeness (QED) is 0.701. The minimum absolute atomic E-state index is 0.000394. The number of para-hydroxylation sites is 1. The number of nitrogens with one attached hydrogen (secondary N) is 1. The van der Waals surface area contributed by atoms with Gasteiger partial charge < -0.3 is 10.2 Å². The van der Waals surface area contributed by atoms with Crippen LogP contribution < -0.4 is 4.72 Å². The Kier molecular flexibility index (Phi) is 3.51. The fourth-order valence-electron chi connectivity index (χ4n) is 1.16. The predicted molar refractivity (Wildman–Crippen MR) is 57.5 cm³/mol. The summed E-state index contributed by atoms with van der Waals surface area (Å²) in [5, 5.41) is 18.0. The van der Waals surface area contributed by atoms with Crippen molar-refractivity contribution in [2.45, 2.75) is 6.10 Å². The molecule has 3 N–H and O–H groups in total. The first-order chi connectivity index (χ1) is 7.31. The van der Waals surface area contributed by atoms with Crippen LogP contribution in [-0.2, 0) is 14.8 Å². The third kappa shape index (κ3) is 3.21. The molecule has 0 heterocycles. The third-order valence-corrected chi connectivity index (χ3v) is 2.38. The second-order valence-electron chi connectivity index (χ2n) is 3.20. The van der Waals surface area contributed by atoms with E-state index in [9.17, 15) is 18.3 Å². The number of aliphatic carboxylic acids is 1. The topological polar surface area (TPSA) is 104 Å². The van der Waals surface area contributed by atoms with Gasteiger partial charge in [-0.25, -0.2) is 13.2 Å². The fraction of sp³-hybridized carbons (Fsp3) is 0.222. The number of rotatable bonds is 4. The summed E-state index contributed by atoms with van der Waals surface area (Å²) in [6.45, 7) is 0. The van der Waals surface area contributed by atoms with Crippen molar-refractivity contribution >= 4 is 21.7 Å². The van der Waals surface area contributed by atoms with Gasteiger partial charge in [0.2, 0.25) is 10.0 Å². The number of hydrogen-bond acceptors (Lipinski definition) is 4. The lowest BCUT2D eigenvalue weighted by molar-refractivity contribution is -0.146. The number of carboxylic acids is 1. The summed E-state index contributed by atoms with van der Waals surface area (Å²) in [6.07, 6.45) is -0.817. The number of aliphatic hydroxyl groups excluding tert-OH is 1. The van der Waals surface area contributed by atoms with E-state index in [1.807, 2.05) is 0 Å². The molecule has 0 bridgehead atoms. The van der Waals surface area contributed by atoms with Crippen LogP contribution in [0.5, 0.6) is 0 Å². The molecule has 0 aromatic heterocycles. The summed E-state index contributed by atoms with van der Waals surface area (Å²) in [4.78, 5) is 10.6. The number of aliphatic hydroxyl groups is 1. The molecule has 0 saturated carbocycles. The molecule has 0 fully saturated rings. The molecular weight excluding hydrogens is 234 g/mol. The minimum atomic E-state index is -3.51. The van der Waals surface area contributed by atoms with Crippen LogP contribution in [0.2, 0.25) is 0 Å². The lowest BCUT2D eigenvalue weighted by Gasteiger charge is -2.12. The molecule has 1 aromatic rings. The van der Waals surface area contributed by atoms with Crippen molar-refractivity contribution in [1.29, 1.82) is 0 Å². The van der Waals surface area contributed by atoms with Crippen molar-refractivity contribution in [3.8, 4) is 0 Å². The van der Waals surface area contributed by atoms with Crippen molar-refractivity contribution in [2.24, 2.45) is 0 Å². The maximum absolute atomic E-state index is 11.0. The Hall–Kier alpha value is -1.60. The van der Waals surface area contributed by atoms with Crippen LogP contribution in [0.25, 0.3) is 0 Å². The fourth-order valence-corrected chi connectivity index (χ4v) is 1.75. The van der Waals surface area contributed by atoms with Gasteiger partial charge in [0.1, 0.15) is 0 Å². The van der Waals surface area contributed by atoms with Crippen LogP contribution in [0.15, 0.2) is 24.3 Å². The highest BCUT2D eigenvalue weighted by Crippen LogP contribution is 2.23. The molecule has 0 aliphatic heterocycles. The first-order valence-electron chi connectivity index (χ1n) is 4.29. The van der Waals surface area contributed by atoms with Gasteiger partial charge in [0.25, 0.3) is 0 Å². The Labute approximate surface area is 92.6 Å². The number of anilines is 1. The van der Waals surface area contributed by atoms with Crippen LogP contribution in [0.4, 0.5) is 5.69 Å². The zero-order valence-corrected chi connectivity index (χ0v) is 9.23. The van der Waals surface area contributed by atoms with Gasteiger partial charge in [-0.1, -0.05) is 18.2 Å². The van der Waals surface area contributed by atoms with Crippen LogP contribution >= 0.6 is 0 Å². The SMILES string of the molecule is CS(=O)(=O)Nc1ccccc1C(O)C(=O)O. The molecule has 1 aromatic carbocycles. The van der Waals surface area contributed by atoms with E-state index in [0.717, 1.165) is 6.26 Å². The average Bonchev–Trinajstić information content (AvgIpc) is 2.15. The smallest absolute Gasteiger partial charge is 0.337 e. The maximum atomic E-state index is 11.0. The molecule has 16 heavy (non-hydrogen) atoms. The lowest BCUT2D eigenvalue weighted by atomic mass is 10.1. The average molecular weight is 245 g/mol. The Morgan fingerprint density at radius 1 is 1.38 bits per heavy atom. The normalized spacial score (nSPS) is 13.1. The van der Waals surface area contributed by atoms with E-state index in [0.29, 0.717) is 0 Å². The molecule has 6 nitrogen and oxygen atoms in total. The molecule has 7 heteroatoms. The van der Waals surface area contributed by atoms with Gasteiger partial charge in [-0.15, -0.1) is 0 Å². The van der Waals surface area contributed by atoms with E-state index < -0.39 is 22.1 Å². The van der Waals surface area contributed by atoms with Crippen LogP contribution in [0.3, 0.4) is 0 Å². The molecule has 0 spiro atoms. The Morgan fingerprint density at radius 3 is 2.44 bits per heavy atom. The monoisotopic (exact) mass is 245 g/mol. The van der Waals surface area contributed by atoms with Gasteiger partial charge in [0.05, 0.1) is 11.9 Å². The van der Waals surface area contributed by atoms with Crippen LogP contribution in [0.1, 0.15) is 11.7 Å². The summed E-state index contributed by atoms with van der Waals surface area (Å²) < 4.78 is 24.1. The first kappa shape index (κ1) is 12.5. The van der Waals surface area contributed by atoms with Gasteiger partial charge in [-0.3, -0.25) is 4.72 Å². The summed E-state index contributed by atoms with van der Waals surface area (Å²) in [7, 11) is -3.51. The molecule has 1 unspecified atom stereocenters. The highest BCUT2D eigenvalue weighted by Gasteiger charge is 2.20. The number of carbonyl (C=O) groups is 1. The molecular formula is C9H11NO5S. The highest BCUT2D eigenvalue weighted by atomic mass is 32.2. The Balaban J connectivity index is 3.15. The van der Waals surface area contributed by atoms with E-state index in [1.165, 1.54) is 24.3 Å². The van der Waals surface area contributed by atoms with Crippen molar-refractivity contribution < 1.29 is 23.4 Å². The largest absolute Gasteiger partial charge is 0.479 e. The molecule has 0 radical (unpaired) electrons. The Bertz CT molecular complexity index is 496. The maximum Gasteiger partial charge on any atom is 0.337 e. The number of carboxylic acid groups (broad SMARTS) is 1. The van der Waals surface area contributed by atoms with E-state index in [4.69, 9.17) is 5.11 Å². The lowest BCUT2D eigenvalue weighted by Crippen LogP contribution is -2.16. The number of hydrogen-bond donors (Lipinski definition) is 3. The number of benzene rings is 1. The standard InChI is InChI=1S/C9H11NO5S/c1-16(14,15)10-7-5-3-2-4-6(7)8(11)9(12)13/h2-5,8,10-11H,1H3,(H,12,13). The summed E-state index contributed by atoms with van der Waals surface area (Å²) in [6, 6.07) is 5.76. The van der Waals surface area contributed by atoms with Crippen molar-refractivity contribution in [1.82, 2.24) is 0 Å². The van der Waals surface area contributed by atoms with Gasteiger partial charge in [-0.2, -0.15) is 0 Å². The summed E-state index contributed by atoms with van der Waals surface area (Å²) in [5.41, 5.74) is 0.0559. The summed E-state index contributed by atoms with van der Waals surface area (Å²) >= 11 is 0. The molecule has 0 aliphatic rings. The molecule has 88 valence electrons. The predicted octanol–water partition coefficient (Wildman–Crippen LogP) is 0.176. The Morgan fingerprint density at radius 2 is 1.94 bits per heavy atom. The zero-order chi connectivity index (χ0) is 12.3. The first-order valence-corrected chi connectivity index (χ1v) is 6.18. The third-order valence-electron chi connectivity index (χ3n) is 1.78. The van der Waals surface area contributed by atoms with Gasteiger partial charge in [0.15, 0.2) is 6.10 Å². The summed E-state index contributed by atoms with van der Waals surface area (Å²) in [5.74, 6) is -1.44. The van der Waals surface area contributed by atoms with E-state index in [2.05, 4.69) is 4.72 Å². The van der Waals surface area contributed by atoms with Gasteiger partial charge in [-0.05, 0) is 6.07 Å². The van der Waals surface area contributed by atoms with E-state index >= 15 is 0 Å². The second kappa shape index (κ2) is 4.50. The van der Waals surface area contributed by atoms with Gasteiger partial charge in [0, 0.05) is 5.56 Å². The van der Waals surface area contributed by atoms with E-state index in [1.54, 1.807) is 0 Å². The second-order valence-corrected chi connectivity index (χ2v) is 4.95. The minimum Gasteiger partial charge on any atom is -0.479 e. The van der Waals surface area contributed by atoms with Crippen molar-refractivity contribution in [2.75, 3.05) is 11.0 Å². The van der Waals surface area contributed by atoms with Crippen molar-refractivity contribution in [3.05, 3.63) is 29.8 Å². The van der Waals surface area contributed by atoms with E-state index in [-0.39, 0.29) is 11.3 Å². The van der Waals surface area contributed by atoms with Gasteiger partial charge >= 0.3 is 5.97 Å². The van der Waals surface area contributed by atoms with Crippen molar-refractivity contribution in [3.63, 3.8) is 0 Å². The van der Waals surface area contributed by atoms with Crippen LogP contribution in [0, 0.1) is 0 Å². The molecule has 0 saturated heterocycles. The van der Waals surface area contributed by atoms with Crippen LogP contribution in [-0.4, -0.2) is 30.9 Å². The molecule has 0 aliphatic carbocycles. The highest BCUT2D eigenvalue weighted by molar-refractivity contribution is 7.92.